The van der Waals surface area contributed by atoms with Gasteiger partial charge in [0.2, 0.25) is 5.91 Å². The number of hydrogen-bond acceptors (Lipinski definition) is 5. The van der Waals surface area contributed by atoms with E-state index < -0.39 is 0 Å². The van der Waals surface area contributed by atoms with Crippen molar-refractivity contribution in [3.8, 4) is 17.0 Å². The molecule has 0 aromatic carbocycles. The van der Waals surface area contributed by atoms with E-state index >= 15 is 0 Å². The molecule has 2 fully saturated rings. The number of rotatable bonds is 6. The van der Waals surface area contributed by atoms with E-state index in [9.17, 15) is 4.79 Å². The number of likely N-dealkylation sites (tertiary alicyclic amines) is 1. The van der Waals surface area contributed by atoms with Gasteiger partial charge in [-0.25, -0.2) is 4.52 Å². The van der Waals surface area contributed by atoms with Crippen molar-refractivity contribution in [3.05, 3.63) is 30.6 Å². The van der Waals surface area contributed by atoms with Gasteiger partial charge in [-0.15, -0.1) is 0 Å². The number of aromatic nitrogens is 4. The molecule has 0 radical (unpaired) electrons. The summed E-state index contributed by atoms with van der Waals surface area (Å²) in [5.74, 6) is 2.03. The van der Waals surface area contributed by atoms with Crippen molar-refractivity contribution in [2.75, 3.05) is 25.5 Å². The minimum Gasteiger partial charge on any atom is -0.488 e. The third-order valence-electron chi connectivity index (χ3n) is 6.21. The third kappa shape index (κ3) is 3.37. The number of hydrogen-bond donors (Lipinski definition) is 1. The Morgan fingerprint density at radius 2 is 2.17 bits per heavy atom. The van der Waals surface area contributed by atoms with Crippen LogP contribution in [0.5, 0.6) is 5.75 Å². The Kier molecular flexibility index (Phi) is 4.31. The minimum atomic E-state index is 0.0596. The summed E-state index contributed by atoms with van der Waals surface area (Å²) in [7, 11) is 4.04. The van der Waals surface area contributed by atoms with E-state index in [0.29, 0.717) is 24.4 Å². The van der Waals surface area contributed by atoms with Gasteiger partial charge in [0.15, 0.2) is 11.6 Å². The predicted molar refractivity (Wildman–Crippen MR) is 110 cm³/mol. The first kappa shape index (κ1) is 18.2. The number of pyridine rings is 1. The molecule has 0 unspecified atom stereocenters. The molecule has 1 amide bonds. The average Bonchev–Trinajstić information content (AvgIpc) is 3.12. The number of carbonyl (C=O) groups excluding carboxylic acids is 1. The molecule has 0 spiro atoms. The lowest BCUT2D eigenvalue weighted by molar-refractivity contribution is -0.117. The molecule has 3 atom stereocenters. The van der Waals surface area contributed by atoms with Gasteiger partial charge in [-0.3, -0.25) is 14.4 Å². The zero-order chi connectivity index (χ0) is 20.1. The van der Waals surface area contributed by atoms with Crippen LogP contribution in [-0.4, -0.2) is 56.4 Å². The number of nitrogens with one attached hydrogen (secondary N) is 1. The molecular weight excluding hydrogens is 368 g/mol. The fourth-order valence-electron chi connectivity index (χ4n) is 3.93. The number of anilines is 1. The summed E-state index contributed by atoms with van der Waals surface area (Å²) >= 11 is 0. The molecule has 1 saturated carbocycles. The molecule has 0 bridgehead atoms. The Morgan fingerprint density at radius 1 is 1.34 bits per heavy atom. The predicted octanol–water partition coefficient (Wildman–Crippen LogP) is 2.41. The molecule has 4 heterocycles. The number of ether oxygens (including phenoxy) is 1. The first-order valence-corrected chi connectivity index (χ1v) is 10.2. The molecule has 1 saturated heterocycles. The van der Waals surface area contributed by atoms with Crippen molar-refractivity contribution >= 4 is 17.2 Å². The zero-order valence-electron chi connectivity index (χ0n) is 17.0. The monoisotopic (exact) mass is 394 g/mol. The van der Waals surface area contributed by atoms with Gasteiger partial charge in [0.05, 0.1) is 11.7 Å². The molecule has 2 aliphatic rings. The number of amides is 1. The molecule has 8 heteroatoms. The van der Waals surface area contributed by atoms with Gasteiger partial charge >= 0.3 is 0 Å². The molecule has 1 aliphatic heterocycles. The van der Waals surface area contributed by atoms with Crippen LogP contribution in [0.3, 0.4) is 0 Å². The number of aryl methyl sites for hydroxylation is 1. The normalized spacial score (nSPS) is 23.8. The van der Waals surface area contributed by atoms with Crippen LogP contribution in [0.2, 0.25) is 0 Å². The summed E-state index contributed by atoms with van der Waals surface area (Å²) in [6.07, 6.45) is 5.80. The van der Waals surface area contributed by atoms with Crippen LogP contribution in [0.25, 0.3) is 16.8 Å². The molecular formula is C21H26N6O2. The molecule has 3 aromatic heterocycles. The maximum absolute atomic E-state index is 12.2. The van der Waals surface area contributed by atoms with E-state index in [1.165, 1.54) is 6.42 Å². The number of fused-ring (bicyclic) bond motifs is 1. The highest BCUT2D eigenvalue weighted by Crippen LogP contribution is 2.38. The highest BCUT2D eigenvalue weighted by atomic mass is 16.5. The second kappa shape index (κ2) is 6.88. The van der Waals surface area contributed by atoms with Gasteiger partial charge in [-0.2, -0.15) is 10.2 Å². The standard InChI is InChI=1S/C21H26N6O2/c1-13-8-17(13)21(28)23-19-10-16-9-14(4-7-27(16)24-19)20-18(11-22-26(20)3)29-12-15-5-6-25(15)2/h4,7,9-11,13,15,17H,5-6,8,12H2,1-3H3,(H,23,24,28)/t13-,15-,17-/m1/s1. The molecule has 5 rings (SSSR count). The lowest BCUT2D eigenvalue weighted by Crippen LogP contribution is -2.48. The smallest absolute Gasteiger partial charge is 0.228 e. The summed E-state index contributed by atoms with van der Waals surface area (Å²) in [5, 5.41) is 11.8. The Morgan fingerprint density at radius 3 is 2.86 bits per heavy atom. The lowest BCUT2D eigenvalue weighted by Gasteiger charge is -2.37. The van der Waals surface area contributed by atoms with Crippen molar-refractivity contribution < 1.29 is 9.53 Å². The minimum absolute atomic E-state index is 0.0596. The van der Waals surface area contributed by atoms with Crippen molar-refractivity contribution in [3.63, 3.8) is 0 Å². The maximum Gasteiger partial charge on any atom is 0.228 e. The van der Waals surface area contributed by atoms with E-state index in [1.807, 2.05) is 36.1 Å². The van der Waals surface area contributed by atoms with Gasteiger partial charge in [-0.1, -0.05) is 6.92 Å². The number of likely N-dealkylation sites (N-methyl/N-ethyl adjacent to an activating group) is 1. The van der Waals surface area contributed by atoms with Crippen molar-refractivity contribution in [2.24, 2.45) is 18.9 Å². The highest BCUT2D eigenvalue weighted by Gasteiger charge is 2.39. The summed E-state index contributed by atoms with van der Waals surface area (Å²) in [4.78, 5) is 14.5. The summed E-state index contributed by atoms with van der Waals surface area (Å²) < 4.78 is 9.70. The van der Waals surface area contributed by atoms with E-state index in [2.05, 4.69) is 34.4 Å². The van der Waals surface area contributed by atoms with Crippen molar-refractivity contribution in [1.29, 1.82) is 0 Å². The van der Waals surface area contributed by atoms with E-state index in [4.69, 9.17) is 4.74 Å². The SMILES string of the molecule is C[C@@H]1C[C@H]1C(=O)Nc1cc2cc(-c3c(OC[C@H]4CCN4C)cnn3C)ccn2n1. The van der Waals surface area contributed by atoms with Crippen LogP contribution in [0.1, 0.15) is 19.8 Å². The zero-order valence-corrected chi connectivity index (χ0v) is 17.0. The highest BCUT2D eigenvalue weighted by molar-refractivity contribution is 5.94. The molecule has 29 heavy (non-hydrogen) atoms. The first-order chi connectivity index (χ1) is 14.0. The van der Waals surface area contributed by atoms with Gasteiger partial charge in [0, 0.05) is 36.8 Å². The first-order valence-electron chi connectivity index (χ1n) is 10.2. The van der Waals surface area contributed by atoms with Crippen LogP contribution < -0.4 is 10.1 Å². The van der Waals surface area contributed by atoms with Crippen LogP contribution >= 0.6 is 0 Å². The largest absolute Gasteiger partial charge is 0.488 e. The Labute approximate surface area is 169 Å². The fraction of sp³-hybridized carbons (Fsp3) is 0.476. The molecule has 152 valence electrons. The summed E-state index contributed by atoms with van der Waals surface area (Å²) in [6.45, 7) is 3.89. The lowest BCUT2D eigenvalue weighted by atomic mass is 10.1. The average molecular weight is 394 g/mol. The molecule has 3 aromatic rings. The molecule has 1 N–H and O–H groups in total. The molecule has 8 nitrogen and oxygen atoms in total. The maximum atomic E-state index is 12.2. The quantitative estimate of drug-likeness (QED) is 0.695. The van der Waals surface area contributed by atoms with Crippen LogP contribution in [0.4, 0.5) is 5.82 Å². The summed E-state index contributed by atoms with van der Waals surface area (Å²) in [6, 6.07) is 6.41. The van der Waals surface area contributed by atoms with E-state index in [1.54, 1.807) is 10.7 Å². The number of carbonyl (C=O) groups is 1. The van der Waals surface area contributed by atoms with Gasteiger partial charge in [0.25, 0.3) is 0 Å². The molecule has 1 aliphatic carbocycles. The van der Waals surface area contributed by atoms with Gasteiger partial charge in [-0.05, 0) is 44.5 Å². The number of nitrogens with zero attached hydrogens (tertiary/aromatic N) is 5. The van der Waals surface area contributed by atoms with Crippen LogP contribution in [0, 0.1) is 11.8 Å². The fourth-order valence-corrected chi connectivity index (χ4v) is 3.93. The van der Waals surface area contributed by atoms with Crippen molar-refractivity contribution in [1.82, 2.24) is 24.3 Å². The Hall–Kier alpha value is -2.87. The second-order valence-electron chi connectivity index (χ2n) is 8.34. The Balaban J connectivity index is 1.37. The van der Waals surface area contributed by atoms with E-state index in [-0.39, 0.29) is 11.8 Å². The van der Waals surface area contributed by atoms with Crippen molar-refractivity contribution in [2.45, 2.75) is 25.8 Å². The van der Waals surface area contributed by atoms with Crippen LogP contribution in [0.15, 0.2) is 30.6 Å². The Bertz CT molecular complexity index is 1070. The van der Waals surface area contributed by atoms with E-state index in [0.717, 1.165) is 35.5 Å². The van der Waals surface area contributed by atoms with Gasteiger partial charge in [0.1, 0.15) is 12.3 Å². The third-order valence-corrected chi connectivity index (χ3v) is 6.21. The summed E-state index contributed by atoms with van der Waals surface area (Å²) in [5.41, 5.74) is 2.85. The second-order valence-corrected chi connectivity index (χ2v) is 8.34. The van der Waals surface area contributed by atoms with Gasteiger partial charge < -0.3 is 10.1 Å². The van der Waals surface area contributed by atoms with Crippen LogP contribution in [-0.2, 0) is 11.8 Å². The topological polar surface area (TPSA) is 76.7 Å².